The van der Waals surface area contributed by atoms with Crippen LogP contribution in [-0.4, -0.2) is 44.9 Å². The third kappa shape index (κ3) is 4.37. The van der Waals surface area contributed by atoms with Crippen molar-refractivity contribution in [1.82, 2.24) is 4.31 Å². The molecule has 1 N–H and O–H groups in total. The summed E-state index contributed by atoms with van der Waals surface area (Å²) in [7, 11) is -3.64. The number of ether oxygens (including phenoxy) is 1. The highest BCUT2D eigenvalue weighted by Crippen LogP contribution is 2.21. The molecule has 144 valence electrons. The van der Waals surface area contributed by atoms with Crippen LogP contribution in [0.2, 0.25) is 0 Å². The van der Waals surface area contributed by atoms with Crippen LogP contribution in [0, 0.1) is 6.92 Å². The third-order valence-electron chi connectivity index (χ3n) is 4.68. The number of nitrogens with zero attached hydrogens (tertiary/aromatic N) is 1. The first-order valence-electron chi connectivity index (χ1n) is 9.00. The molecular weight excluding hydrogens is 364 g/mol. The van der Waals surface area contributed by atoms with Crippen LogP contribution in [0.3, 0.4) is 0 Å². The van der Waals surface area contributed by atoms with E-state index < -0.39 is 10.0 Å². The number of benzene rings is 2. The Morgan fingerprint density at radius 1 is 1.11 bits per heavy atom. The molecule has 6 nitrogen and oxygen atoms in total. The summed E-state index contributed by atoms with van der Waals surface area (Å²) >= 11 is 0. The number of hydrogen-bond acceptors (Lipinski definition) is 4. The topological polar surface area (TPSA) is 75.7 Å². The average Bonchev–Trinajstić information content (AvgIpc) is 2.69. The molecule has 1 aliphatic heterocycles. The number of amides is 1. The molecule has 1 amide bonds. The van der Waals surface area contributed by atoms with Crippen molar-refractivity contribution in [2.24, 2.45) is 0 Å². The largest absolute Gasteiger partial charge is 0.379 e. The van der Waals surface area contributed by atoms with Gasteiger partial charge in [-0.05, 0) is 48.7 Å². The lowest BCUT2D eigenvalue weighted by Crippen LogP contribution is -2.40. The van der Waals surface area contributed by atoms with Gasteiger partial charge in [-0.15, -0.1) is 0 Å². The minimum Gasteiger partial charge on any atom is -0.379 e. The first-order valence-corrected chi connectivity index (χ1v) is 10.4. The van der Waals surface area contributed by atoms with E-state index in [1.807, 2.05) is 24.3 Å². The highest BCUT2D eigenvalue weighted by atomic mass is 32.2. The number of morpholine rings is 1. The summed E-state index contributed by atoms with van der Waals surface area (Å²) in [5.41, 5.74) is 2.93. The van der Waals surface area contributed by atoms with Gasteiger partial charge in [-0.2, -0.15) is 4.31 Å². The summed E-state index contributed by atoms with van der Waals surface area (Å²) in [5.74, 6) is -0.323. The van der Waals surface area contributed by atoms with Gasteiger partial charge in [0.05, 0.1) is 18.1 Å². The van der Waals surface area contributed by atoms with E-state index in [1.165, 1.54) is 15.9 Å². The van der Waals surface area contributed by atoms with E-state index in [0.717, 1.165) is 12.0 Å². The van der Waals surface area contributed by atoms with E-state index in [1.54, 1.807) is 19.1 Å². The SMILES string of the molecule is CCc1ccc(NC(=O)c2cc(S(=O)(=O)N3CCOCC3)ccc2C)cc1. The lowest BCUT2D eigenvalue weighted by molar-refractivity contribution is 0.0730. The van der Waals surface area contributed by atoms with E-state index in [0.29, 0.717) is 37.6 Å². The maximum Gasteiger partial charge on any atom is 0.255 e. The monoisotopic (exact) mass is 388 g/mol. The van der Waals surface area contributed by atoms with Gasteiger partial charge in [0.25, 0.3) is 5.91 Å². The van der Waals surface area contributed by atoms with Gasteiger partial charge in [0.15, 0.2) is 0 Å². The minimum atomic E-state index is -3.64. The van der Waals surface area contributed by atoms with Crippen molar-refractivity contribution in [3.63, 3.8) is 0 Å². The molecule has 0 spiro atoms. The van der Waals surface area contributed by atoms with Crippen molar-refractivity contribution in [1.29, 1.82) is 0 Å². The zero-order chi connectivity index (χ0) is 19.4. The molecule has 1 heterocycles. The maximum atomic E-state index is 12.8. The predicted octanol–water partition coefficient (Wildman–Crippen LogP) is 2.83. The van der Waals surface area contributed by atoms with Crippen molar-refractivity contribution in [3.05, 3.63) is 59.2 Å². The Bertz CT molecular complexity index is 917. The normalized spacial score (nSPS) is 15.5. The van der Waals surface area contributed by atoms with Crippen LogP contribution >= 0.6 is 0 Å². The van der Waals surface area contributed by atoms with Gasteiger partial charge in [-0.3, -0.25) is 4.79 Å². The molecule has 1 fully saturated rings. The van der Waals surface area contributed by atoms with Crippen molar-refractivity contribution in [2.45, 2.75) is 25.2 Å². The molecule has 3 rings (SSSR count). The molecular formula is C20H24N2O4S. The molecule has 0 unspecified atom stereocenters. The summed E-state index contributed by atoms with van der Waals surface area (Å²) in [4.78, 5) is 12.8. The van der Waals surface area contributed by atoms with Gasteiger partial charge in [0, 0.05) is 24.3 Å². The molecule has 0 saturated carbocycles. The van der Waals surface area contributed by atoms with Crippen molar-refractivity contribution in [2.75, 3.05) is 31.6 Å². The summed E-state index contributed by atoms with van der Waals surface area (Å²) in [6.45, 7) is 5.26. The van der Waals surface area contributed by atoms with Gasteiger partial charge >= 0.3 is 0 Å². The maximum absolute atomic E-state index is 12.8. The van der Waals surface area contributed by atoms with Crippen LogP contribution in [0.1, 0.15) is 28.4 Å². The standard InChI is InChI=1S/C20H24N2O4S/c1-3-16-5-7-17(8-6-16)21-20(23)19-14-18(9-4-15(19)2)27(24,25)22-10-12-26-13-11-22/h4-9,14H,3,10-13H2,1-2H3,(H,21,23). The zero-order valence-corrected chi connectivity index (χ0v) is 16.4. The van der Waals surface area contributed by atoms with Crippen LogP contribution in [-0.2, 0) is 21.2 Å². The Labute approximate surface area is 160 Å². The molecule has 2 aromatic carbocycles. The van der Waals surface area contributed by atoms with Gasteiger partial charge < -0.3 is 10.1 Å². The van der Waals surface area contributed by atoms with Crippen molar-refractivity contribution in [3.8, 4) is 0 Å². The first-order chi connectivity index (χ1) is 12.9. The fourth-order valence-corrected chi connectivity index (χ4v) is 4.40. The van der Waals surface area contributed by atoms with Crippen LogP contribution in [0.5, 0.6) is 0 Å². The van der Waals surface area contributed by atoms with Crippen molar-refractivity contribution >= 4 is 21.6 Å². The quantitative estimate of drug-likeness (QED) is 0.855. The molecule has 1 aliphatic rings. The first kappa shape index (κ1) is 19.5. The van der Waals surface area contributed by atoms with Gasteiger partial charge in [0.2, 0.25) is 10.0 Å². The third-order valence-corrected chi connectivity index (χ3v) is 6.58. The number of sulfonamides is 1. The molecule has 0 aromatic heterocycles. The number of rotatable bonds is 5. The van der Waals surface area contributed by atoms with Crippen LogP contribution < -0.4 is 5.32 Å². The summed E-state index contributed by atoms with van der Waals surface area (Å²) in [6, 6.07) is 12.3. The Kier molecular flexibility index (Phi) is 5.94. The summed E-state index contributed by atoms with van der Waals surface area (Å²) < 4.78 is 32.3. The number of carbonyl (C=O) groups is 1. The molecule has 27 heavy (non-hydrogen) atoms. The average molecular weight is 388 g/mol. The number of aryl methyl sites for hydroxylation is 2. The number of carbonyl (C=O) groups excluding carboxylic acids is 1. The molecule has 2 aromatic rings. The Morgan fingerprint density at radius 3 is 2.41 bits per heavy atom. The molecule has 7 heteroatoms. The fourth-order valence-electron chi connectivity index (χ4n) is 2.96. The number of anilines is 1. The van der Waals surface area contributed by atoms with Gasteiger partial charge in [-0.25, -0.2) is 8.42 Å². The van der Waals surface area contributed by atoms with E-state index >= 15 is 0 Å². The molecule has 1 saturated heterocycles. The van der Waals surface area contributed by atoms with Gasteiger partial charge in [-0.1, -0.05) is 25.1 Å². The summed E-state index contributed by atoms with van der Waals surface area (Å²) in [5, 5.41) is 2.84. The van der Waals surface area contributed by atoms with Crippen molar-refractivity contribution < 1.29 is 17.9 Å². The minimum absolute atomic E-state index is 0.126. The van der Waals surface area contributed by atoms with E-state index in [-0.39, 0.29) is 10.8 Å². The Balaban J connectivity index is 1.84. The zero-order valence-electron chi connectivity index (χ0n) is 15.6. The number of nitrogens with one attached hydrogen (secondary N) is 1. The smallest absolute Gasteiger partial charge is 0.255 e. The molecule has 0 aliphatic carbocycles. The van der Waals surface area contributed by atoms with Gasteiger partial charge in [0.1, 0.15) is 0 Å². The van der Waals surface area contributed by atoms with Crippen LogP contribution in [0.25, 0.3) is 0 Å². The fraction of sp³-hybridized carbons (Fsp3) is 0.350. The second-order valence-corrected chi connectivity index (χ2v) is 8.44. The number of hydrogen-bond donors (Lipinski definition) is 1. The van der Waals surface area contributed by atoms with E-state index in [2.05, 4.69) is 12.2 Å². The highest BCUT2D eigenvalue weighted by molar-refractivity contribution is 7.89. The summed E-state index contributed by atoms with van der Waals surface area (Å²) in [6.07, 6.45) is 0.925. The molecule has 0 radical (unpaired) electrons. The second-order valence-electron chi connectivity index (χ2n) is 6.50. The second kappa shape index (κ2) is 8.21. The lowest BCUT2D eigenvalue weighted by Gasteiger charge is -2.26. The predicted molar refractivity (Wildman–Crippen MR) is 105 cm³/mol. The van der Waals surface area contributed by atoms with E-state index in [4.69, 9.17) is 4.74 Å². The van der Waals surface area contributed by atoms with Crippen LogP contribution in [0.15, 0.2) is 47.4 Å². The lowest BCUT2D eigenvalue weighted by atomic mass is 10.1. The van der Waals surface area contributed by atoms with E-state index in [9.17, 15) is 13.2 Å². The molecule has 0 atom stereocenters. The Hall–Kier alpha value is -2.22. The Morgan fingerprint density at radius 2 is 1.78 bits per heavy atom. The van der Waals surface area contributed by atoms with Crippen LogP contribution in [0.4, 0.5) is 5.69 Å². The molecule has 0 bridgehead atoms. The highest BCUT2D eigenvalue weighted by Gasteiger charge is 2.27.